The maximum absolute atomic E-state index is 13.3. The Bertz CT molecular complexity index is 1180. The molecule has 3 aromatic rings. The average Bonchev–Trinajstić information content (AvgIpc) is 3.01. The van der Waals surface area contributed by atoms with E-state index in [1.807, 2.05) is 86.6 Å². The van der Waals surface area contributed by atoms with Gasteiger partial charge in [0.1, 0.15) is 11.5 Å². The Labute approximate surface area is 206 Å². The number of hydrogen-bond acceptors (Lipinski definition) is 4. The predicted octanol–water partition coefficient (Wildman–Crippen LogP) is 5.53. The lowest BCUT2D eigenvalue weighted by molar-refractivity contribution is -0.139. The van der Waals surface area contributed by atoms with E-state index in [1.165, 1.54) is 0 Å². The number of ether oxygens (including phenoxy) is 2. The third-order valence-electron chi connectivity index (χ3n) is 6.35. The quantitative estimate of drug-likeness (QED) is 0.468. The molecule has 0 saturated carbocycles. The number of anilines is 1. The number of nitrogens with zero attached hydrogens (tertiary/aromatic N) is 1. The van der Waals surface area contributed by atoms with Crippen molar-refractivity contribution in [3.63, 3.8) is 0 Å². The fourth-order valence-corrected chi connectivity index (χ4v) is 4.46. The lowest BCUT2D eigenvalue weighted by Crippen LogP contribution is -2.38. The van der Waals surface area contributed by atoms with Crippen molar-refractivity contribution in [3.05, 3.63) is 89.5 Å². The molecule has 1 aliphatic heterocycles. The van der Waals surface area contributed by atoms with Crippen molar-refractivity contribution < 1.29 is 19.1 Å². The predicted molar refractivity (Wildman–Crippen MR) is 137 cm³/mol. The fourth-order valence-electron chi connectivity index (χ4n) is 4.46. The third kappa shape index (κ3) is 5.65. The second kappa shape index (κ2) is 11.1. The van der Waals surface area contributed by atoms with Crippen LogP contribution >= 0.6 is 0 Å². The molecule has 6 heteroatoms. The molecule has 0 fully saturated rings. The van der Waals surface area contributed by atoms with Crippen LogP contribution in [0.5, 0.6) is 11.5 Å². The highest BCUT2D eigenvalue weighted by Crippen LogP contribution is 2.31. The van der Waals surface area contributed by atoms with E-state index in [4.69, 9.17) is 9.47 Å². The molecule has 0 saturated heterocycles. The van der Waals surface area contributed by atoms with Gasteiger partial charge in [-0.25, -0.2) is 0 Å². The summed E-state index contributed by atoms with van der Waals surface area (Å²) in [5, 5.41) is 3.06. The second-order valence-electron chi connectivity index (χ2n) is 8.74. The van der Waals surface area contributed by atoms with E-state index in [-0.39, 0.29) is 17.7 Å². The molecule has 1 heterocycles. The van der Waals surface area contributed by atoms with Gasteiger partial charge in [0.05, 0.1) is 13.0 Å². The fraction of sp³-hybridized carbons (Fsp3) is 0.310. The number of nitrogens with one attached hydrogen (secondary N) is 1. The first kappa shape index (κ1) is 24.3. The smallest absolute Gasteiger partial charge is 0.264 e. The molecule has 35 heavy (non-hydrogen) atoms. The molecule has 0 aliphatic carbocycles. The van der Waals surface area contributed by atoms with Crippen molar-refractivity contribution in [1.82, 2.24) is 4.90 Å². The highest BCUT2D eigenvalue weighted by atomic mass is 16.5. The summed E-state index contributed by atoms with van der Waals surface area (Å²) in [6.45, 7) is 4.79. The number of fused-ring (bicyclic) bond motifs is 1. The second-order valence-corrected chi connectivity index (χ2v) is 8.74. The summed E-state index contributed by atoms with van der Waals surface area (Å²) in [5.74, 6) is 1.09. The largest absolute Gasteiger partial charge is 0.497 e. The molecule has 0 radical (unpaired) electrons. The average molecular weight is 473 g/mol. The molecule has 4 rings (SSSR count). The van der Waals surface area contributed by atoms with Crippen molar-refractivity contribution in [1.29, 1.82) is 0 Å². The summed E-state index contributed by atoms with van der Waals surface area (Å²) in [6, 6.07) is 23.1. The molecule has 2 amide bonds. The number of benzene rings is 3. The normalized spacial score (nSPS) is 16.0. The van der Waals surface area contributed by atoms with Gasteiger partial charge in [0, 0.05) is 24.3 Å². The van der Waals surface area contributed by atoms with Gasteiger partial charge in [-0.2, -0.15) is 0 Å². The summed E-state index contributed by atoms with van der Waals surface area (Å²) in [7, 11) is 1.63. The number of rotatable bonds is 8. The van der Waals surface area contributed by atoms with Crippen LogP contribution in [0.1, 0.15) is 49.3 Å². The van der Waals surface area contributed by atoms with Crippen LogP contribution in [0.25, 0.3) is 0 Å². The summed E-state index contributed by atoms with van der Waals surface area (Å²) in [6.07, 6.45) is 0.718. The van der Waals surface area contributed by atoms with E-state index < -0.39 is 6.10 Å². The maximum atomic E-state index is 13.3. The highest BCUT2D eigenvalue weighted by Gasteiger charge is 2.30. The molecule has 6 nitrogen and oxygen atoms in total. The van der Waals surface area contributed by atoms with Gasteiger partial charge >= 0.3 is 0 Å². The van der Waals surface area contributed by atoms with Crippen LogP contribution in [0, 0.1) is 0 Å². The Morgan fingerprint density at radius 3 is 2.60 bits per heavy atom. The Hall–Kier alpha value is -3.80. The van der Waals surface area contributed by atoms with E-state index in [2.05, 4.69) is 5.32 Å². The van der Waals surface area contributed by atoms with Crippen molar-refractivity contribution >= 4 is 17.5 Å². The number of methoxy groups -OCH3 is 1. The molecular weight excluding hydrogens is 440 g/mol. The lowest BCUT2D eigenvalue weighted by atomic mass is 9.95. The van der Waals surface area contributed by atoms with Gasteiger partial charge in [-0.05, 0) is 54.3 Å². The zero-order valence-corrected chi connectivity index (χ0v) is 20.5. The third-order valence-corrected chi connectivity index (χ3v) is 6.35. The Morgan fingerprint density at radius 2 is 1.89 bits per heavy atom. The van der Waals surface area contributed by atoms with Crippen molar-refractivity contribution in [2.24, 2.45) is 0 Å². The molecule has 1 aliphatic rings. The molecule has 2 atom stereocenters. The first-order valence-corrected chi connectivity index (χ1v) is 12.1. The molecular formula is C29H32N2O4. The zero-order chi connectivity index (χ0) is 24.8. The van der Waals surface area contributed by atoms with Crippen LogP contribution in [0.4, 0.5) is 5.69 Å². The molecule has 0 spiro atoms. The van der Waals surface area contributed by atoms with Gasteiger partial charge in [-0.15, -0.1) is 0 Å². The van der Waals surface area contributed by atoms with Gasteiger partial charge < -0.3 is 19.7 Å². The molecule has 1 N–H and O–H groups in total. The van der Waals surface area contributed by atoms with E-state index in [0.717, 1.165) is 22.4 Å². The van der Waals surface area contributed by atoms with Crippen LogP contribution in [0.2, 0.25) is 0 Å². The molecule has 3 aromatic carbocycles. The van der Waals surface area contributed by atoms with Crippen LogP contribution in [-0.4, -0.2) is 29.9 Å². The van der Waals surface area contributed by atoms with Gasteiger partial charge in [-0.3, -0.25) is 9.59 Å². The van der Waals surface area contributed by atoms with Crippen LogP contribution in [0.3, 0.4) is 0 Å². The summed E-state index contributed by atoms with van der Waals surface area (Å²) >= 11 is 0. The van der Waals surface area contributed by atoms with E-state index in [0.29, 0.717) is 37.4 Å². The maximum Gasteiger partial charge on any atom is 0.264 e. The van der Waals surface area contributed by atoms with E-state index >= 15 is 0 Å². The van der Waals surface area contributed by atoms with Gasteiger partial charge in [-0.1, -0.05) is 56.3 Å². The van der Waals surface area contributed by atoms with E-state index in [9.17, 15) is 9.59 Å². The number of amides is 2. The minimum Gasteiger partial charge on any atom is -0.497 e. The van der Waals surface area contributed by atoms with Gasteiger partial charge in [0.25, 0.3) is 5.91 Å². The highest BCUT2D eigenvalue weighted by molar-refractivity contribution is 5.96. The summed E-state index contributed by atoms with van der Waals surface area (Å²) < 4.78 is 11.4. The SMILES string of the molecule is CC[C@H]1Oc2ccc(NC(=O)[C@H](CC)c3ccccc3)cc2CN(Cc2cccc(OC)c2)C1=O. The number of hydrogen-bond donors (Lipinski definition) is 1. The molecule has 182 valence electrons. The van der Waals surface area contributed by atoms with Crippen molar-refractivity contribution in [3.8, 4) is 11.5 Å². The summed E-state index contributed by atoms with van der Waals surface area (Å²) in [4.78, 5) is 28.1. The molecule has 0 bridgehead atoms. The van der Waals surface area contributed by atoms with Crippen molar-refractivity contribution in [2.45, 2.75) is 51.8 Å². The van der Waals surface area contributed by atoms with Crippen LogP contribution in [0.15, 0.2) is 72.8 Å². The molecule has 0 aromatic heterocycles. The summed E-state index contributed by atoms with van der Waals surface area (Å²) in [5.41, 5.74) is 3.53. The Balaban J connectivity index is 1.57. The monoisotopic (exact) mass is 472 g/mol. The minimum atomic E-state index is -0.551. The topological polar surface area (TPSA) is 67.9 Å². The lowest BCUT2D eigenvalue weighted by Gasteiger charge is -2.23. The van der Waals surface area contributed by atoms with Crippen LogP contribution < -0.4 is 14.8 Å². The first-order valence-electron chi connectivity index (χ1n) is 12.1. The van der Waals surface area contributed by atoms with Gasteiger partial charge in [0.15, 0.2) is 6.10 Å². The minimum absolute atomic E-state index is 0.0489. The van der Waals surface area contributed by atoms with E-state index in [1.54, 1.807) is 12.0 Å². The van der Waals surface area contributed by atoms with Gasteiger partial charge in [0.2, 0.25) is 5.91 Å². The number of carbonyl (C=O) groups is 2. The first-order chi connectivity index (χ1) is 17.0. The zero-order valence-electron chi connectivity index (χ0n) is 20.5. The Morgan fingerprint density at radius 1 is 1.09 bits per heavy atom. The Kier molecular flexibility index (Phi) is 7.70. The standard InChI is InChI=1S/C29H32N2O4/c1-4-25(21-11-7-6-8-12-21)28(32)30-23-14-15-27-22(17-23)19-31(29(33)26(5-2)35-27)18-20-10-9-13-24(16-20)34-3/h6-17,25-26H,4-5,18-19H2,1-3H3,(H,30,32)/t25-,26-/m1/s1. The number of carbonyl (C=O) groups excluding carboxylic acids is 2. The molecule has 0 unspecified atom stereocenters. The van der Waals surface area contributed by atoms with Crippen molar-refractivity contribution in [2.75, 3.05) is 12.4 Å². The van der Waals surface area contributed by atoms with Crippen LogP contribution in [-0.2, 0) is 22.7 Å².